The molecule has 5 rings (SSSR count). The highest BCUT2D eigenvalue weighted by Crippen LogP contribution is 2.43. The van der Waals surface area contributed by atoms with E-state index in [1.807, 2.05) is 24.3 Å². The zero-order chi connectivity index (χ0) is 18.5. The van der Waals surface area contributed by atoms with Crippen LogP contribution in [0.15, 0.2) is 47.8 Å². The zero-order valence-electron chi connectivity index (χ0n) is 14.1. The van der Waals surface area contributed by atoms with Crippen molar-refractivity contribution in [2.24, 2.45) is 5.29 Å². The monoisotopic (exact) mass is 365 g/mol. The summed E-state index contributed by atoms with van der Waals surface area (Å²) in [7, 11) is 0. The van der Waals surface area contributed by atoms with Crippen LogP contribution in [0, 0.1) is 4.91 Å². The van der Waals surface area contributed by atoms with E-state index in [1.54, 1.807) is 18.2 Å². The molecule has 27 heavy (non-hydrogen) atoms. The standard InChI is InChI=1S/C19H15N3O5/c23-19(24)14-8-12-11-3-1-2-4-13(11)20-17(12)18(22(14)21-25)10-5-6-15-16(7-10)27-9-26-15/h1-7,14,18,20H,8-9H2,(H,23,24)/t14-,18-/m1/s1. The summed E-state index contributed by atoms with van der Waals surface area (Å²) in [5, 5.41) is 14.8. The summed E-state index contributed by atoms with van der Waals surface area (Å²) < 4.78 is 10.8. The molecule has 2 N–H and O–H groups in total. The van der Waals surface area contributed by atoms with Gasteiger partial charge in [0, 0.05) is 23.0 Å². The lowest BCUT2D eigenvalue weighted by atomic mass is 9.89. The average Bonchev–Trinajstić information content (AvgIpc) is 3.29. The lowest BCUT2D eigenvalue weighted by Crippen LogP contribution is -2.45. The van der Waals surface area contributed by atoms with Crippen molar-refractivity contribution in [2.45, 2.75) is 18.5 Å². The molecule has 8 heteroatoms. The van der Waals surface area contributed by atoms with Crippen LogP contribution in [0.5, 0.6) is 11.5 Å². The van der Waals surface area contributed by atoms with E-state index in [0.29, 0.717) is 17.1 Å². The first kappa shape index (κ1) is 15.7. The Kier molecular flexibility index (Phi) is 3.33. The molecule has 3 aromatic rings. The van der Waals surface area contributed by atoms with Gasteiger partial charge in [-0.3, -0.25) is 0 Å². The predicted octanol–water partition coefficient (Wildman–Crippen LogP) is 2.98. The summed E-state index contributed by atoms with van der Waals surface area (Å²) in [5.41, 5.74) is 3.26. The molecular weight excluding hydrogens is 350 g/mol. The number of aliphatic carboxylic acids is 1. The highest BCUT2D eigenvalue weighted by Gasteiger charge is 2.42. The minimum absolute atomic E-state index is 0.133. The van der Waals surface area contributed by atoms with Gasteiger partial charge in [0.1, 0.15) is 6.04 Å². The number of ether oxygens (including phenoxy) is 2. The molecule has 0 unspecified atom stereocenters. The van der Waals surface area contributed by atoms with Crippen LogP contribution in [0.2, 0.25) is 0 Å². The summed E-state index contributed by atoms with van der Waals surface area (Å²) >= 11 is 0. The van der Waals surface area contributed by atoms with Gasteiger partial charge in [-0.1, -0.05) is 24.3 Å². The van der Waals surface area contributed by atoms with E-state index in [4.69, 9.17) is 9.47 Å². The van der Waals surface area contributed by atoms with E-state index in [2.05, 4.69) is 10.3 Å². The molecule has 1 aromatic heterocycles. The fourth-order valence-corrected chi connectivity index (χ4v) is 3.98. The topological polar surface area (TPSA) is 104 Å². The van der Waals surface area contributed by atoms with E-state index >= 15 is 0 Å². The van der Waals surface area contributed by atoms with Crippen LogP contribution in [0.4, 0.5) is 0 Å². The van der Waals surface area contributed by atoms with Crippen molar-refractivity contribution in [1.82, 2.24) is 9.99 Å². The summed E-state index contributed by atoms with van der Waals surface area (Å²) in [6.07, 6.45) is 0.196. The van der Waals surface area contributed by atoms with Gasteiger partial charge in [-0.2, -0.15) is 0 Å². The van der Waals surface area contributed by atoms with Crippen LogP contribution in [-0.2, 0) is 11.2 Å². The molecule has 0 spiro atoms. The van der Waals surface area contributed by atoms with Crippen molar-refractivity contribution in [1.29, 1.82) is 0 Å². The minimum Gasteiger partial charge on any atom is -0.480 e. The number of aromatic amines is 1. The summed E-state index contributed by atoms with van der Waals surface area (Å²) in [6.45, 7) is 0.133. The van der Waals surface area contributed by atoms with Crippen LogP contribution >= 0.6 is 0 Å². The third-order valence-corrected chi connectivity index (χ3v) is 5.19. The summed E-state index contributed by atoms with van der Waals surface area (Å²) in [5.74, 6) is 0.0940. The Bertz CT molecular complexity index is 1080. The number of aromatic nitrogens is 1. The van der Waals surface area contributed by atoms with Crippen molar-refractivity contribution in [3.63, 3.8) is 0 Å². The molecule has 0 saturated carbocycles. The van der Waals surface area contributed by atoms with Crippen LogP contribution < -0.4 is 9.47 Å². The first-order chi connectivity index (χ1) is 13.2. The molecule has 0 fully saturated rings. The van der Waals surface area contributed by atoms with E-state index in [9.17, 15) is 14.8 Å². The third kappa shape index (κ3) is 2.26. The maximum atomic E-state index is 11.9. The molecule has 2 aliphatic heterocycles. The third-order valence-electron chi connectivity index (χ3n) is 5.19. The van der Waals surface area contributed by atoms with Gasteiger partial charge < -0.3 is 19.6 Å². The largest absolute Gasteiger partial charge is 0.480 e. The molecule has 0 bridgehead atoms. The van der Waals surface area contributed by atoms with Crippen LogP contribution in [0.25, 0.3) is 10.9 Å². The van der Waals surface area contributed by atoms with Gasteiger partial charge in [-0.05, 0) is 29.3 Å². The Morgan fingerprint density at radius 3 is 2.81 bits per heavy atom. The molecule has 2 aliphatic rings. The Labute approximate surface area is 153 Å². The van der Waals surface area contributed by atoms with Crippen molar-refractivity contribution in [2.75, 3.05) is 6.79 Å². The van der Waals surface area contributed by atoms with Gasteiger partial charge in [0.25, 0.3) is 0 Å². The van der Waals surface area contributed by atoms with Gasteiger partial charge in [-0.25, -0.2) is 9.80 Å². The second-order valence-corrected chi connectivity index (χ2v) is 6.60. The lowest BCUT2D eigenvalue weighted by molar-refractivity contribution is -0.144. The number of nitrogens with one attached hydrogen (secondary N) is 1. The normalized spacial score (nSPS) is 20.5. The van der Waals surface area contributed by atoms with Crippen molar-refractivity contribution in [3.8, 4) is 11.5 Å². The fraction of sp³-hybridized carbons (Fsp3) is 0.211. The average molecular weight is 365 g/mol. The fourth-order valence-electron chi connectivity index (χ4n) is 3.98. The van der Waals surface area contributed by atoms with Gasteiger partial charge in [-0.15, -0.1) is 4.91 Å². The maximum Gasteiger partial charge on any atom is 0.328 e. The lowest BCUT2D eigenvalue weighted by Gasteiger charge is -2.35. The van der Waals surface area contributed by atoms with Crippen molar-refractivity contribution in [3.05, 3.63) is 64.2 Å². The molecule has 3 heterocycles. The van der Waals surface area contributed by atoms with Gasteiger partial charge in [0.15, 0.2) is 17.5 Å². The van der Waals surface area contributed by atoms with E-state index < -0.39 is 18.1 Å². The first-order valence-electron chi connectivity index (χ1n) is 8.51. The molecule has 0 amide bonds. The number of benzene rings is 2. The number of hydrogen-bond donors (Lipinski definition) is 2. The molecular formula is C19H15N3O5. The SMILES string of the molecule is O=NN1[C@H](c2ccc3c(c2)OCO3)c2[nH]c3ccccc3c2C[C@@H]1C(=O)O. The Hall–Kier alpha value is -3.55. The smallest absolute Gasteiger partial charge is 0.328 e. The molecule has 0 radical (unpaired) electrons. The number of nitrogens with zero attached hydrogens (tertiary/aromatic N) is 2. The van der Waals surface area contributed by atoms with Crippen LogP contribution in [-0.4, -0.2) is 33.9 Å². The van der Waals surface area contributed by atoms with Crippen molar-refractivity contribution >= 4 is 16.9 Å². The number of carboxylic acids is 1. The Morgan fingerprint density at radius 2 is 2.00 bits per heavy atom. The maximum absolute atomic E-state index is 11.9. The second-order valence-electron chi connectivity index (χ2n) is 6.60. The number of rotatable bonds is 3. The van der Waals surface area contributed by atoms with Gasteiger partial charge in [0.2, 0.25) is 6.79 Å². The van der Waals surface area contributed by atoms with E-state index in [-0.39, 0.29) is 13.2 Å². The molecule has 2 aromatic carbocycles. The Morgan fingerprint density at radius 1 is 1.19 bits per heavy atom. The molecule has 8 nitrogen and oxygen atoms in total. The zero-order valence-corrected chi connectivity index (χ0v) is 14.1. The summed E-state index contributed by atoms with van der Waals surface area (Å²) in [4.78, 5) is 26.9. The minimum atomic E-state index is -1.09. The summed E-state index contributed by atoms with van der Waals surface area (Å²) in [6, 6.07) is 11.3. The quantitative estimate of drug-likeness (QED) is 0.692. The number of hydrogen-bond acceptors (Lipinski definition) is 5. The first-order valence-corrected chi connectivity index (χ1v) is 8.51. The number of para-hydroxylation sites is 1. The van der Waals surface area contributed by atoms with Crippen molar-refractivity contribution < 1.29 is 19.4 Å². The van der Waals surface area contributed by atoms with Crippen LogP contribution in [0.1, 0.15) is 22.9 Å². The molecule has 136 valence electrons. The number of fused-ring (bicyclic) bond motifs is 4. The number of carbonyl (C=O) groups is 1. The molecule has 0 saturated heterocycles. The predicted molar refractivity (Wildman–Crippen MR) is 95.5 cm³/mol. The molecule has 0 aliphatic carbocycles. The number of carboxylic acid groups (broad SMARTS) is 1. The van der Waals surface area contributed by atoms with E-state index in [0.717, 1.165) is 27.2 Å². The highest BCUT2D eigenvalue weighted by atomic mass is 16.7. The van der Waals surface area contributed by atoms with E-state index in [1.165, 1.54) is 0 Å². The Balaban J connectivity index is 1.74. The number of H-pyrrole nitrogens is 1. The van der Waals surface area contributed by atoms with Crippen LogP contribution in [0.3, 0.4) is 0 Å². The van der Waals surface area contributed by atoms with Gasteiger partial charge >= 0.3 is 5.97 Å². The second kappa shape index (κ2) is 5.73. The molecule has 2 atom stereocenters. The highest BCUT2D eigenvalue weighted by molar-refractivity contribution is 5.87. The van der Waals surface area contributed by atoms with Gasteiger partial charge in [0.05, 0.1) is 5.29 Å². The number of nitroso groups, excluding NO2 is 1.